The maximum Gasteiger partial charge on any atom is 0.272 e. The first-order chi connectivity index (χ1) is 8.82. The number of halogens is 1. The SMILES string of the molecule is CC(C)C(O)CNC(=O)c1ccc([N+](=O)[O-])cc1F. The quantitative estimate of drug-likeness (QED) is 0.626. The van der Waals surface area contributed by atoms with Crippen LogP contribution < -0.4 is 5.32 Å². The minimum Gasteiger partial charge on any atom is -0.391 e. The molecule has 0 aliphatic rings. The van der Waals surface area contributed by atoms with Gasteiger partial charge < -0.3 is 10.4 Å². The Hall–Kier alpha value is -2.02. The molecule has 0 fully saturated rings. The van der Waals surface area contributed by atoms with E-state index in [-0.39, 0.29) is 18.0 Å². The minimum atomic E-state index is -0.967. The van der Waals surface area contributed by atoms with Gasteiger partial charge in [0.1, 0.15) is 5.82 Å². The fourth-order valence-electron chi connectivity index (χ4n) is 1.33. The van der Waals surface area contributed by atoms with Crippen molar-refractivity contribution in [1.82, 2.24) is 5.32 Å². The average molecular weight is 270 g/mol. The van der Waals surface area contributed by atoms with Crippen LogP contribution in [-0.4, -0.2) is 28.6 Å². The number of carbonyl (C=O) groups is 1. The molecule has 0 saturated heterocycles. The van der Waals surface area contributed by atoms with Crippen molar-refractivity contribution in [3.63, 3.8) is 0 Å². The largest absolute Gasteiger partial charge is 0.391 e. The number of hydrogen-bond acceptors (Lipinski definition) is 4. The Morgan fingerprint density at radius 1 is 1.53 bits per heavy atom. The van der Waals surface area contributed by atoms with Gasteiger partial charge in [0, 0.05) is 12.6 Å². The zero-order valence-electron chi connectivity index (χ0n) is 10.6. The molecule has 1 aromatic carbocycles. The number of non-ortho nitro benzene ring substituents is 1. The lowest BCUT2D eigenvalue weighted by atomic mass is 10.1. The Labute approximate surface area is 109 Å². The number of rotatable bonds is 5. The second-order valence-corrected chi connectivity index (χ2v) is 4.44. The molecule has 0 aliphatic carbocycles. The molecule has 0 aromatic heterocycles. The molecule has 0 aliphatic heterocycles. The first kappa shape index (κ1) is 15.0. The number of benzene rings is 1. The summed E-state index contributed by atoms with van der Waals surface area (Å²) in [5.41, 5.74) is -0.710. The second kappa shape index (κ2) is 6.24. The normalized spacial score (nSPS) is 12.3. The van der Waals surface area contributed by atoms with E-state index in [0.717, 1.165) is 12.1 Å². The lowest BCUT2D eigenvalue weighted by molar-refractivity contribution is -0.385. The molecule has 0 saturated carbocycles. The third-order valence-electron chi connectivity index (χ3n) is 2.65. The van der Waals surface area contributed by atoms with E-state index in [1.165, 1.54) is 0 Å². The molecule has 6 nitrogen and oxygen atoms in total. The van der Waals surface area contributed by atoms with Crippen molar-refractivity contribution in [3.05, 3.63) is 39.7 Å². The van der Waals surface area contributed by atoms with Crippen LogP contribution in [0.4, 0.5) is 10.1 Å². The summed E-state index contributed by atoms with van der Waals surface area (Å²) in [5, 5.41) is 22.3. The molecule has 0 radical (unpaired) electrons. The molecule has 1 amide bonds. The monoisotopic (exact) mass is 270 g/mol. The van der Waals surface area contributed by atoms with Crippen molar-refractivity contribution in [2.24, 2.45) is 5.92 Å². The van der Waals surface area contributed by atoms with Gasteiger partial charge in [0.2, 0.25) is 0 Å². The van der Waals surface area contributed by atoms with Crippen molar-refractivity contribution in [2.75, 3.05) is 6.54 Å². The summed E-state index contributed by atoms with van der Waals surface area (Å²) in [6.45, 7) is 3.56. The predicted octanol–water partition coefficient (Wildman–Crippen LogP) is 1.48. The molecule has 104 valence electrons. The summed E-state index contributed by atoms with van der Waals surface area (Å²) in [5.74, 6) is -1.72. The maximum absolute atomic E-state index is 13.5. The number of hydrogen-bond donors (Lipinski definition) is 2. The zero-order valence-corrected chi connectivity index (χ0v) is 10.6. The zero-order chi connectivity index (χ0) is 14.6. The van der Waals surface area contributed by atoms with Gasteiger partial charge >= 0.3 is 0 Å². The van der Waals surface area contributed by atoms with Crippen molar-refractivity contribution in [3.8, 4) is 0 Å². The van der Waals surface area contributed by atoms with E-state index in [4.69, 9.17) is 0 Å². The van der Waals surface area contributed by atoms with Gasteiger partial charge in [-0.3, -0.25) is 14.9 Å². The van der Waals surface area contributed by atoms with E-state index in [1.54, 1.807) is 13.8 Å². The molecule has 0 bridgehead atoms. The number of nitrogens with one attached hydrogen (secondary N) is 1. The van der Waals surface area contributed by atoms with E-state index in [9.17, 15) is 24.4 Å². The van der Waals surface area contributed by atoms with Crippen molar-refractivity contribution in [1.29, 1.82) is 0 Å². The van der Waals surface area contributed by atoms with Crippen molar-refractivity contribution in [2.45, 2.75) is 20.0 Å². The van der Waals surface area contributed by atoms with Gasteiger partial charge in [-0.2, -0.15) is 0 Å². The highest BCUT2D eigenvalue weighted by Crippen LogP contribution is 2.16. The molecule has 0 spiro atoms. The van der Waals surface area contributed by atoms with Crippen LogP contribution in [0.1, 0.15) is 24.2 Å². The lowest BCUT2D eigenvalue weighted by Gasteiger charge is -2.15. The minimum absolute atomic E-state index is 0.00702. The first-order valence-electron chi connectivity index (χ1n) is 5.73. The average Bonchev–Trinajstić information content (AvgIpc) is 2.34. The first-order valence-corrected chi connectivity index (χ1v) is 5.73. The van der Waals surface area contributed by atoms with Crippen molar-refractivity contribution < 1.29 is 19.2 Å². The Balaban J connectivity index is 2.75. The summed E-state index contributed by atoms with van der Waals surface area (Å²) in [7, 11) is 0. The summed E-state index contributed by atoms with van der Waals surface area (Å²) in [6.07, 6.45) is -0.731. The third kappa shape index (κ3) is 3.99. The summed E-state index contributed by atoms with van der Waals surface area (Å²) in [6, 6.07) is 2.79. The van der Waals surface area contributed by atoms with Crippen LogP contribution in [0.2, 0.25) is 0 Å². The second-order valence-electron chi connectivity index (χ2n) is 4.44. The van der Waals surface area contributed by atoms with Gasteiger partial charge in [-0.25, -0.2) is 4.39 Å². The predicted molar refractivity (Wildman–Crippen MR) is 66.2 cm³/mol. The van der Waals surface area contributed by atoms with Crippen LogP contribution in [0.5, 0.6) is 0 Å². The summed E-state index contributed by atoms with van der Waals surface area (Å²) in [4.78, 5) is 21.3. The third-order valence-corrected chi connectivity index (χ3v) is 2.65. The van der Waals surface area contributed by atoms with Crippen LogP contribution in [0.3, 0.4) is 0 Å². The number of aliphatic hydroxyl groups is 1. The molecule has 1 rings (SSSR count). The molecule has 7 heteroatoms. The van der Waals surface area contributed by atoms with Gasteiger partial charge in [-0.05, 0) is 12.0 Å². The Kier molecular flexibility index (Phi) is 4.94. The molecule has 1 atom stereocenters. The van der Waals surface area contributed by atoms with E-state index < -0.39 is 28.4 Å². The molecule has 0 heterocycles. The highest BCUT2D eigenvalue weighted by atomic mass is 19.1. The number of aliphatic hydroxyl groups excluding tert-OH is 1. The van der Waals surface area contributed by atoms with Crippen molar-refractivity contribution >= 4 is 11.6 Å². The fraction of sp³-hybridized carbons (Fsp3) is 0.417. The van der Waals surface area contributed by atoms with Crippen LogP contribution in [0.15, 0.2) is 18.2 Å². The standard InChI is InChI=1S/C12H15FN2O4/c1-7(2)11(16)6-14-12(17)9-4-3-8(15(18)19)5-10(9)13/h3-5,7,11,16H,6H2,1-2H3,(H,14,17). The van der Waals surface area contributed by atoms with E-state index in [0.29, 0.717) is 6.07 Å². The van der Waals surface area contributed by atoms with E-state index in [1.807, 2.05) is 0 Å². The summed E-state index contributed by atoms with van der Waals surface area (Å²) < 4.78 is 13.5. The Morgan fingerprint density at radius 2 is 2.16 bits per heavy atom. The summed E-state index contributed by atoms with van der Waals surface area (Å²) >= 11 is 0. The molecular weight excluding hydrogens is 255 g/mol. The van der Waals surface area contributed by atoms with Gasteiger partial charge in [0.15, 0.2) is 0 Å². The number of nitro benzene ring substituents is 1. The molecule has 1 unspecified atom stereocenters. The topological polar surface area (TPSA) is 92.5 Å². The Morgan fingerprint density at radius 3 is 2.63 bits per heavy atom. The van der Waals surface area contributed by atoms with E-state index in [2.05, 4.69) is 5.32 Å². The number of amides is 1. The molecule has 2 N–H and O–H groups in total. The molecular formula is C12H15FN2O4. The lowest BCUT2D eigenvalue weighted by Crippen LogP contribution is -2.35. The van der Waals surface area contributed by atoms with Crippen LogP contribution in [-0.2, 0) is 0 Å². The smallest absolute Gasteiger partial charge is 0.272 e. The number of nitro groups is 1. The van der Waals surface area contributed by atoms with Gasteiger partial charge in [0.25, 0.3) is 11.6 Å². The van der Waals surface area contributed by atoms with Gasteiger partial charge in [0.05, 0.1) is 22.7 Å². The Bertz CT molecular complexity index is 491. The highest BCUT2D eigenvalue weighted by molar-refractivity contribution is 5.94. The maximum atomic E-state index is 13.5. The van der Waals surface area contributed by atoms with Crippen LogP contribution >= 0.6 is 0 Å². The van der Waals surface area contributed by atoms with Crippen LogP contribution in [0, 0.1) is 21.8 Å². The van der Waals surface area contributed by atoms with Gasteiger partial charge in [-0.1, -0.05) is 13.8 Å². The number of nitrogens with zero attached hydrogens (tertiary/aromatic N) is 1. The fourth-order valence-corrected chi connectivity index (χ4v) is 1.33. The molecule has 19 heavy (non-hydrogen) atoms. The number of carbonyl (C=O) groups excluding carboxylic acids is 1. The van der Waals surface area contributed by atoms with Crippen LogP contribution in [0.25, 0.3) is 0 Å². The molecule has 1 aromatic rings. The highest BCUT2D eigenvalue weighted by Gasteiger charge is 2.17. The van der Waals surface area contributed by atoms with E-state index >= 15 is 0 Å². The van der Waals surface area contributed by atoms with Gasteiger partial charge in [-0.15, -0.1) is 0 Å².